The van der Waals surface area contributed by atoms with E-state index in [9.17, 15) is 0 Å². The van der Waals surface area contributed by atoms with Gasteiger partial charge in [-0.1, -0.05) is 42.5 Å². The van der Waals surface area contributed by atoms with E-state index in [2.05, 4.69) is 39.1 Å². The molecule has 2 aromatic heterocycles. The fraction of sp³-hybridized carbons (Fsp3) is 0.167. The summed E-state index contributed by atoms with van der Waals surface area (Å²) in [5.41, 5.74) is 4.64. The number of oxazole rings is 2. The molecule has 5 aromatic rings. The maximum absolute atomic E-state index is 5.89. The fourth-order valence-corrected chi connectivity index (χ4v) is 3.52. The molecule has 0 aliphatic rings. The average molecular weight is 383 g/mol. The van der Waals surface area contributed by atoms with Crippen molar-refractivity contribution < 1.29 is 8.83 Å². The molecular formula is C24H21N3O2. The quantitative estimate of drug-likeness (QED) is 0.384. The van der Waals surface area contributed by atoms with Gasteiger partial charge < -0.3 is 13.7 Å². The van der Waals surface area contributed by atoms with Crippen molar-refractivity contribution >= 4 is 27.9 Å². The second-order valence-corrected chi connectivity index (χ2v) is 6.97. The van der Waals surface area contributed by atoms with Gasteiger partial charge in [-0.05, 0) is 36.4 Å². The van der Waals surface area contributed by atoms with Crippen molar-refractivity contribution in [2.24, 2.45) is 0 Å². The second-order valence-electron chi connectivity index (χ2n) is 6.97. The molecule has 0 N–H and O–H groups in total. The first-order chi connectivity index (χ1) is 14.3. The van der Waals surface area contributed by atoms with E-state index in [-0.39, 0.29) is 0 Å². The molecular weight excluding hydrogens is 362 g/mol. The van der Waals surface area contributed by atoms with Crippen LogP contribution in [0, 0.1) is 0 Å². The van der Waals surface area contributed by atoms with Crippen LogP contribution in [-0.2, 0) is 12.8 Å². The zero-order chi connectivity index (χ0) is 19.5. The highest BCUT2D eigenvalue weighted by atomic mass is 16.4. The van der Waals surface area contributed by atoms with Gasteiger partial charge in [0.1, 0.15) is 11.0 Å². The molecule has 29 heavy (non-hydrogen) atoms. The highest BCUT2D eigenvalue weighted by molar-refractivity contribution is 5.72. The van der Waals surface area contributed by atoms with Gasteiger partial charge in [0.2, 0.25) is 0 Å². The van der Waals surface area contributed by atoms with Gasteiger partial charge in [-0.2, -0.15) is 0 Å². The lowest BCUT2D eigenvalue weighted by atomic mass is 10.2. The van der Waals surface area contributed by atoms with Crippen LogP contribution in [0.15, 0.2) is 87.7 Å². The third-order valence-corrected chi connectivity index (χ3v) is 4.99. The van der Waals surface area contributed by atoms with Gasteiger partial charge in [0, 0.05) is 31.6 Å². The Balaban J connectivity index is 1.32. The fourth-order valence-electron chi connectivity index (χ4n) is 3.52. The van der Waals surface area contributed by atoms with Crippen molar-refractivity contribution in [3.63, 3.8) is 0 Å². The molecule has 5 nitrogen and oxygen atoms in total. The largest absolute Gasteiger partial charge is 0.441 e. The Hall–Kier alpha value is -3.60. The molecule has 5 rings (SSSR count). The first kappa shape index (κ1) is 17.5. The van der Waals surface area contributed by atoms with E-state index in [1.165, 1.54) is 5.69 Å². The van der Waals surface area contributed by atoms with Gasteiger partial charge in [-0.15, -0.1) is 0 Å². The highest BCUT2D eigenvalue weighted by Gasteiger charge is 2.12. The van der Waals surface area contributed by atoms with Gasteiger partial charge in [0.25, 0.3) is 0 Å². The topological polar surface area (TPSA) is 55.3 Å². The zero-order valence-corrected chi connectivity index (χ0v) is 16.0. The molecule has 0 saturated heterocycles. The molecule has 0 saturated carbocycles. The third kappa shape index (κ3) is 3.85. The summed E-state index contributed by atoms with van der Waals surface area (Å²) in [6.45, 7) is 1.61. The number of para-hydroxylation sites is 5. The van der Waals surface area contributed by atoms with Gasteiger partial charge >= 0.3 is 0 Å². The Morgan fingerprint density at radius 2 is 1.07 bits per heavy atom. The number of anilines is 1. The van der Waals surface area contributed by atoms with Crippen LogP contribution in [0.1, 0.15) is 11.8 Å². The molecule has 5 heteroatoms. The summed E-state index contributed by atoms with van der Waals surface area (Å²) < 4.78 is 11.8. The van der Waals surface area contributed by atoms with Crippen molar-refractivity contribution in [1.82, 2.24) is 9.97 Å². The van der Waals surface area contributed by atoms with Gasteiger partial charge in [0.15, 0.2) is 22.9 Å². The van der Waals surface area contributed by atoms with Crippen LogP contribution in [-0.4, -0.2) is 23.1 Å². The van der Waals surface area contributed by atoms with E-state index in [4.69, 9.17) is 8.83 Å². The van der Waals surface area contributed by atoms with Crippen molar-refractivity contribution in [2.45, 2.75) is 12.8 Å². The lowest BCUT2D eigenvalue weighted by Crippen LogP contribution is -2.28. The highest BCUT2D eigenvalue weighted by Crippen LogP contribution is 2.19. The minimum absolute atomic E-state index is 0.733. The summed E-state index contributed by atoms with van der Waals surface area (Å²) in [5, 5.41) is 0. The van der Waals surface area contributed by atoms with Gasteiger partial charge in [0.05, 0.1) is 0 Å². The first-order valence-electron chi connectivity index (χ1n) is 9.84. The van der Waals surface area contributed by atoms with E-state index in [0.29, 0.717) is 0 Å². The number of hydrogen-bond acceptors (Lipinski definition) is 5. The SMILES string of the molecule is c1ccc(N(CCc2nc3ccccc3o2)CCc2nc3ccccc3o2)cc1. The van der Waals surface area contributed by atoms with Gasteiger partial charge in [-0.25, -0.2) is 9.97 Å². The number of nitrogens with zero attached hydrogens (tertiary/aromatic N) is 3. The standard InChI is InChI=1S/C24H21N3O2/c1-2-8-18(9-3-1)27(16-14-23-25-19-10-4-6-12-21(19)28-23)17-15-24-26-20-11-5-7-13-22(20)29-24/h1-13H,14-17H2. The molecule has 144 valence electrons. The predicted molar refractivity (Wildman–Crippen MR) is 114 cm³/mol. The number of hydrogen-bond donors (Lipinski definition) is 0. The Bertz CT molecular complexity index is 1080. The molecule has 0 spiro atoms. The summed E-state index contributed by atoms with van der Waals surface area (Å²) in [7, 11) is 0. The second kappa shape index (κ2) is 7.80. The van der Waals surface area contributed by atoms with Crippen LogP contribution in [0.3, 0.4) is 0 Å². The van der Waals surface area contributed by atoms with Crippen molar-refractivity contribution in [3.05, 3.63) is 90.6 Å². The average Bonchev–Trinajstić information content (AvgIpc) is 3.37. The van der Waals surface area contributed by atoms with Crippen molar-refractivity contribution in [2.75, 3.05) is 18.0 Å². The smallest absolute Gasteiger partial charge is 0.197 e. The molecule has 0 fully saturated rings. The van der Waals surface area contributed by atoms with E-state index in [1.54, 1.807) is 0 Å². The van der Waals surface area contributed by atoms with Crippen LogP contribution < -0.4 is 4.90 Å². The molecule has 0 atom stereocenters. The summed E-state index contributed by atoms with van der Waals surface area (Å²) in [4.78, 5) is 11.5. The number of aromatic nitrogens is 2. The molecule has 0 bridgehead atoms. The Kier molecular flexibility index (Phi) is 4.70. The Morgan fingerprint density at radius 3 is 1.59 bits per heavy atom. The normalized spacial score (nSPS) is 11.3. The molecule has 0 unspecified atom stereocenters. The van der Waals surface area contributed by atoms with E-state index in [1.807, 2.05) is 54.6 Å². The lowest BCUT2D eigenvalue weighted by molar-refractivity contribution is 0.513. The molecule has 0 radical (unpaired) electrons. The maximum atomic E-state index is 5.89. The molecule has 3 aromatic carbocycles. The monoisotopic (exact) mass is 383 g/mol. The minimum Gasteiger partial charge on any atom is -0.441 e. The van der Waals surface area contributed by atoms with E-state index < -0.39 is 0 Å². The van der Waals surface area contributed by atoms with E-state index in [0.717, 1.165) is 59.9 Å². The van der Waals surface area contributed by atoms with Crippen LogP contribution in [0.25, 0.3) is 22.2 Å². The minimum atomic E-state index is 0.733. The Labute approximate surface area is 168 Å². The maximum Gasteiger partial charge on any atom is 0.197 e. The summed E-state index contributed by atoms with van der Waals surface area (Å²) in [5.74, 6) is 1.52. The van der Waals surface area contributed by atoms with Crippen molar-refractivity contribution in [3.8, 4) is 0 Å². The first-order valence-corrected chi connectivity index (χ1v) is 9.84. The molecule has 0 aliphatic carbocycles. The van der Waals surface area contributed by atoms with Crippen molar-refractivity contribution in [1.29, 1.82) is 0 Å². The molecule has 2 heterocycles. The van der Waals surface area contributed by atoms with Gasteiger partial charge in [-0.3, -0.25) is 0 Å². The van der Waals surface area contributed by atoms with Crippen LogP contribution in [0.5, 0.6) is 0 Å². The Morgan fingerprint density at radius 1 is 0.586 bits per heavy atom. The predicted octanol–water partition coefficient (Wildman–Crippen LogP) is 5.26. The molecule has 0 aliphatic heterocycles. The number of fused-ring (bicyclic) bond motifs is 2. The molecule has 0 amide bonds. The summed E-state index contributed by atoms with van der Waals surface area (Å²) in [6.07, 6.45) is 1.47. The lowest BCUT2D eigenvalue weighted by Gasteiger charge is -2.23. The summed E-state index contributed by atoms with van der Waals surface area (Å²) in [6, 6.07) is 26.1. The third-order valence-electron chi connectivity index (χ3n) is 4.99. The van der Waals surface area contributed by atoms with Crippen LogP contribution >= 0.6 is 0 Å². The van der Waals surface area contributed by atoms with Crippen LogP contribution in [0.4, 0.5) is 5.69 Å². The number of rotatable bonds is 7. The summed E-state index contributed by atoms with van der Waals surface area (Å²) >= 11 is 0. The number of benzene rings is 3. The van der Waals surface area contributed by atoms with E-state index >= 15 is 0 Å². The zero-order valence-electron chi connectivity index (χ0n) is 16.0. The van der Waals surface area contributed by atoms with Crippen LogP contribution in [0.2, 0.25) is 0 Å².